The second-order valence-corrected chi connectivity index (χ2v) is 6.05. The van der Waals surface area contributed by atoms with Crippen molar-refractivity contribution < 1.29 is 19.4 Å². The number of nitrogens with one attached hydrogen (secondary N) is 1. The Balaban J connectivity index is 2.83. The summed E-state index contributed by atoms with van der Waals surface area (Å²) in [6.45, 7) is 7.35. The first-order valence-corrected chi connectivity index (χ1v) is 6.82. The van der Waals surface area contributed by atoms with Gasteiger partial charge in [0.15, 0.2) is 0 Å². The molecule has 0 aromatic heterocycles. The molecule has 5 nitrogen and oxygen atoms in total. The molecule has 0 saturated carbocycles. The Morgan fingerprint density at radius 2 is 1.86 bits per heavy atom. The molecule has 1 aromatic rings. The van der Waals surface area contributed by atoms with E-state index in [1.165, 1.54) is 0 Å². The van der Waals surface area contributed by atoms with Crippen LogP contribution in [0.4, 0.5) is 5.69 Å². The summed E-state index contributed by atoms with van der Waals surface area (Å²) in [6.07, 6.45) is 0.103. The first-order valence-electron chi connectivity index (χ1n) is 6.82. The number of carboxylic acid groups (broad SMARTS) is 1. The molecule has 5 heteroatoms. The molecule has 0 radical (unpaired) electrons. The predicted molar refractivity (Wildman–Crippen MR) is 81.7 cm³/mol. The molecule has 116 valence electrons. The Morgan fingerprint density at radius 3 is 2.38 bits per heavy atom. The third-order valence-electron chi connectivity index (χ3n) is 3.35. The van der Waals surface area contributed by atoms with Gasteiger partial charge in [0.05, 0.1) is 13.5 Å². The van der Waals surface area contributed by atoms with E-state index < -0.39 is 11.4 Å². The number of hydrogen-bond acceptors (Lipinski definition) is 3. The van der Waals surface area contributed by atoms with Crippen molar-refractivity contribution in [3.05, 3.63) is 23.3 Å². The van der Waals surface area contributed by atoms with Gasteiger partial charge in [-0.05, 0) is 30.9 Å². The molecule has 0 atom stereocenters. The van der Waals surface area contributed by atoms with Crippen LogP contribution in [0.3, 0.4) is 0 Å². The number of anilines is 1. The molecule has 0 heterocycles. The average molecular weight is 293 g/mol. The smallest absolute Gasteiger partial charge is 0.303 e. The van der Waals surface area contributed by atoms with Gasteiger partial charge in [-0.15, -0.1) is 0 Å². The van der Waals surface area contributed by atoms with E-state index in [2.05, 4.69) is 5.32 Å². The first-order chi connectivity index (χ1) is 9.66. The van der Waals surface area contributed by atoms with Crippen LogP contribution in [-0.2, 0) is 9.59 Å². The summed E-state index contributed by atoms with van der Waals surface area (Å²) in [6, 6.07) is 3.71. The van der Waals surface area contributed by atoms with Gasteiger partial charge in [-0.25, -0.2) is 0 Å². The lowest BCUT2D eigenvalue weighted by atomic mass is 9.85. The highest BCUT2D eigenvalue weighted by atomic mass is 16.5. The lowest BCUT2D eigenvalue weighted by molar-refractivity contribution is -0.139. The van der Waals surface area contributed by atoms with Gasteiger partial charge in [0, 0.05) is 17.7 Å². The number of rotatable bonds is 6. The topological polar surface area (TPSA) is 75.6 Å². The van der Waals surface area contributed by atoms with Gasteiger partial charge in [0.1, 0.15) is 5.75 Å². The van der Waals surface area contributed by atoms with Crippen molar-refractivity contribution in [1.29, 1.82) is 0 Å². The van der Waals surface area contributed by atoms with Crippen LogP contribution in [0.5, 0.6) is 5.75 Å². The fraction of sp³-hybridized carbons (Fsp3) is 0.500. The van der Waals surface area contributed by atoms with E-state index in [4.69, 9.17) is 9.84 Å². The number of aliphatic carboxylic acids is 1. The maximum Gasteiger partial charge on any atom is 0.303 e. The molecular formula is C16H23NO4. The minimum atomic E-state index is -0.902. The lowest BCUT2D eigenvalue weighted by Crippen LogP contribution is -2.25. The molecule has 0 spiro atoms. The van der Waals surface area contributed by atoms with E-state index in [1.54, 1.807) is 21.0 Å². The van der Waals surface area contributed by atoms with Crippen molar-refractivity contribution in [1.82, 2.24) is 0 Å². The molecule has 0 unspecified atom stereocenters. The van der Waals surface area contributed by atoms with Gasteiger partial charge in [0.25, 0.3) is 0 Å². The fourth-order valence-electron chi connectivity index (χ4n) is 2.38. The molecular weight excluding hydrogens is 270 g/mol. The van der Waals surface area contributed by atoms with Crippen LogP contribution >= 0.6 is 0 Å². The Morgan fingerprint density at radius 1 is 1.24 bits per heavy atom. The Hall–Kier alpha value is -2.04. The summed E-state index contributed by atoms with van der Waals surface area (Å²) in [5.74, 6) is -0.353. The van der Waals surface area contributed by atoms with E-state index in [0.717, 1.165) is 16.9 Å². The molecule has 1 rings (SSSR count). The number of ether oxygens (including phenoxy) is 1. The van der Waals surface area contributed by atoms with Gasteiger partial charge >= 0.3 is 5.97 Å². The van der Waals surface area contributed by atoms with E-state index in [1.807, 2.05) is 26.0 Å². The summed E-state index contributed by atoms with van der Waals surface area (Å²) >= 11 is 0. The van der Waals surface area contributed by atoms with Crippen molar-refractivity contribution in [3.8, 4) is 5.75 Å². The molecule has 1 amide bonds. The van der Waals surface area contributed by atoms with Gasteiger partial charge in [-0.2, -0.15) is 0 Å². The third-order valence-corrected chi connectivity index (χ3v) is 3.35. The first kappa shape index (κ1) is 17.0. The van der Waals surface area contributed by atoms with Crippen LogP contribution in [0.25, 0.3) is 0 Å². The Labute approximate surface area is 125 Å². The number of carboxylic acids is 1. The fourth-order valence-corrected chi connectivity index (χ4v) is 2.38. The van der Waals surface area contributed by atoms with Crippen molar-refractivity contribution in [2.24, 2.45) is 5.41 Å². The number of carbonyl (C=O) groups excluding carboxylic acids is 1. The molecule has 0 fully saturated rings. The second kappa shape index (κ2) is 6.61. The monoisotopic (exact) mass is 293 g/mol. The molecule has 21 heavy (non-hydrogen) atoms. The summed E-state index contributed by atoms with van der Waals surface area (Å²) in [7, 11) is 1.59. The molecule has 2 N–H and O–H groups in total. The van der Waals surface area contributed by atoms with E-state index in [9.17, 15) is 9.59 Å². The summed E-state index contributed by atoms with van der Waals surface area (Å²) in [5.41, 5.74) is 1.97. The van der Waals surface area contributed by atoms with Crippen molar-refractivity contribution in [2.45, 2.75) is 40.5 Å². The SMILES string of the molecule is COc1c(C)ccc(NC(=O)CC(C)(C)CC(=O)O)c1C. The predicted octanol–water partition coefficient (Wildman–Crippen LogP) is 3.14. The minimum absolute atomic E-state index is 0.0450. The van der Waals surface area contributed by atoms with Crippen LogP contribution in [0, 0.1) is 19.3 Å². The van der Waals surface area contributed by atoms with E-state index >= 15 is 0 Å². The van der Waals surface area contributed by atoms with Gasteiger partial charge in [-0.1, -0.05) is 19.9 Å². The number of carbonyl (C=O) groups is 2. The zero-order valence-corrected chi connectivity index (χ0v) is 13.2. The molecule has 0 saturated heterocycles. The number of methoxy groups -OCH3 is 1. The van der Waals surface area contributed by atoms with Crippen LogP contribution in [0.15, 0.2) is 12.1 Å². The Kier molecular flexibility index (Phi) is 5.35. The lowest BCUT2D eigenvalue weighted by Gasteiger charge is -2.22. The zero-order valence-electron chi connectivity index (χ0n) is 13.2. The summed E-state index contributed by atoms with van der Waals surface area (Å²) < 4.78 is 5.32. The number of benzene rings is 1. The maximum atomic E-state index is 12.1. The molecule has 1 aromatic carbocycles. The van der Waals surface area contributed by atoms with Crippen LogP contribution in [-0.4, -0.2) is 24.1 Å². The second-order valence-electron chi connectivity index (χ2n) is 6.05. The van der Waals surface area contributed by atoms with Gasteiger partial charge in [-0.3, -0.25) is 9.59 Å². The van der Waals surface area contributed by atoms with Crippen molar-refractivity contribution in [2.75, 3.05) is 12.4 Å². The molecule has 0 bridgehead atoms. The normalized spacial score (nSPS) is 11.1. The largest absolute Gasteiger partial charge is 0.496 e. The average Bonchev–Trinajstić information content (AvgIpc) is 2.31. The molecule has 0 aliphatic heterocycles. The van der Waals surface area contributed by atoms with E-state index in [0.29, 0.717) is 5.69 Å². The van der Waals surface area contributed by atoms with Gasteiger partial charge in [0.2, 0.25) is 5.91 Å². The van der Waals surface area contributed by atoms with Crippen molar-refractivity contribution >= 4 is 17.6 Å². The highest BCUT2D eigenvalue weighted by molar-refractivity contribution is 5.92. The van der Waals surface area contributed by atoms with E-state index in [-0.39, 0.29) is 18.7 Å². The minimum Gasteiger partial charge on any atom is -0.496 e. The van der Waals surface area contributed by atoms with Gasteiger partial charge < -0.3 is 15.2 Å². The number of aryl methyl sites for hydroxylation is 1. The van der Waals surface area contributed by atoms with Crippen molar-refractivity contribution in [3.63, 3.8) is 0 Å². The molecule has 0 aliphatic rings. The quantitative estimate of drug-likeness (QED) is 0.845. The highest BCUT2D eigenvalue weighted by Gasteiger charge is 2.25. The standard InChI is InChI=1S/C16H23NO4/c1-10-6-7-12(11(2)15(10)21-5)17-13(18)8-16(3,4)9-14(19)20/h6-7H,8-9H2,1-5H3,(H,17,18)(H,19,20). The van der Waals surface area contributed by atoms with Crippen LogP contribution < -0.4 is 10.1 Å². The maximum absolute atomic E-state index is 12.1. The molecule has 0 aliphatic carbocycles. The third kappa shape index (κ3) is 4.77. The number of amides is 1. The van der Waals surface area contributed by atoms with Crippen LogP contribution in [0.1, 0.15) is 37.8 Å². The summed E-state index contributed by atoms with van der Waals surface area (Å²) in [5, 5.41) is 11.7. The van der Waals surface area contributed by atoms with Crippen LogP contribution in [0.2, 0.25) is 0 Å². The Bertz CT molecular complexity index is 549. The summed E-state index contributed by atoms with van der Waals surface area (Å²) in [4.78, 5) is 22.9. The highest BCUT2D eigenvalue weighted by Crippen LogP contribution is 2.30. The zero-order chi connectivity index (χ0) is 16.2. The number of hydrogen-bond donors (Lipinski definition) is 2.